The van der Waals surface area contributed by atoms with Gasteiger partial charge in [-0.25, -0.2) is 9.97 Å². The molecular weight excluding hydrogens is 334 g/mol. The van der Waals surface area contributed by atoms with Gasteiger partial charge in [0.1, 0.15) is 5.75 Å². The minimum Gasteiger partial charge on any atom is -0.494 e. The monoisotopic (exact) mass is 357 g/mol. The molecule has 0 fully saturated rings. The largest absolute Gasteiger partial charge is 0.494 e. The normalized spacial score (nSPS) is 10.4. The summed E-state index contributed by atoms with van der Waals surface area (Å²) in [7, 11) is 0. The molecule has 0 aliphatic rings. The molecule has 0 atom stereocenters. The van der Waals surface area contributed by atoms with Crippen molar-refractivity contribution in [1.29, 1.82) is 5.26 Å². The topological polar surface area (TPSA) is 58.8 Å². The summed E-state index contributed by atoms with van der Waals surface area (Å²) in [5, 5.41) is 8.87. The predicted molar refractivity (Wildman–Crippen MR) is 107 cm³/mol. The number of rotatable bonds is 8. The summed E-state index contributed by atoms with van der Waals surface area (Å²) in [6.45, 7) is 2.97. The molecule has 0 aliphatic carbocycles. The average Bonchev–Trinajstić information content (AvgIpc) is 2.74. The summed E-state index contributed by atoms with van der Waals surface area (Å²) in [6.07, 6.45) is 8.46. The fourth-order valence-corrected chi connectivity index (χ4v) is 2.78. The summed E-state index contributed by atoms with van der Waals surface area (Å²) in [6, 6.07) is 17.4. The minimum absolute atomic E-state index is 0.628. The van der Waals surface area contributed by atoms with Crippen LogP contribution in [-0.4, -0.2) is 16.6 Å². The predicted octanol–water partition coefficient (Wildman–Crippen LogP) is 5.64. The molecule has 0 saturated heterocycles. The third-order valence-electron chi connectivity index (χ3n) is 4.38. The van der Waals surface area contributed by atoms with Gasteiger partial charge in [0.25, 0.3) is 0 Å². The first-order valence-electron chi connectivity index (χ1n) is 9.36. The highest BCUT2D eigenvalue weighted by molar-refractivity contribution is 5.64. The van der Waals surface area contributed by atoms with Crippen LogP contribution in [0.2, 0.25) is 0 Å². The van der Waals surface area contributed by atoms with Crippen molar-refractivity contribution < 1.29 is 4.74 Å². The maximum absolute atomic E-state index is 8.87. The van der Waals surface area contributed by atoms with Crippen LogP contribution < -0.4 is 4.74 Å². The number of nitrogens with zero attached hydrogens (tertiary/aromatic N) is 3. The summed E-state index contributed by atoms with van der Waals surface area (Å²) in [5.41, 5.74) is 3.54. The van der Waals surface area contributed by atoms with Crippen LogP contribution in [0.25, 0.3) is 22.5 Å². The second kappa shape index (κ2) is 9.49. The number of aromatic nitrogens is 2. The Morgan fingerprint density at radius 1 is 0.815 bits per heavy atom. The quantitative estimate of drug-likeness (QED) is 0.489. The lowest BCUT2D eigenvalue weighted by Crippen LogP contribution is -1.97. The van der Waals surface area contributed by atoms with Crippen molar-refractivity contribution in [3.63, 3.8) is 0 Å². The first kappa shape index (κ1) is 18.6. The Hall–Kier alpha value is -3.19. The summed E-state index contributed by atoms with van der Waals surface area (Å²) in [5.74, 6) is 1.54. The summed E-state index contributed by atoms with van der Waals surface area (Å²) in [4.78, 5) is 8.91. The number of unbranched alkanes of at least 4 members (excludes halogenated alkanes) is 3. The first-order chi connectivity index (χ1) is 13.3. The molecule has 3 rings (SSSR count). The van der Waals surface area contributed by atoms with Crippen LogP contribution in [0.4, 0.5) is 0 Å². The second-order valence-electron chi connectivity index (χ2n) is 6.42. The molecule has 27 heavy (non-hydrogen) atoms. The van der Waals surface area contributed by atoms with Gasteiger partial charge in [-0.15, -0.1) is 0 Å². The van der Waals surface area contributed by atoms with E-state index in [1.807, 2.05) is 48.8 Å². The van der Waals surface area contributed by atoms with E-state index in [9.17, 15) is 0 Å². The summed E-state index contributed by atoms with van der Waals surface area (Å²) >= 11 is 0. The Bertz CT molecular complexity index is 879. The number of benzene rings is 2. The van der Waals surface area contributed by atoms with Crippen molar-refractivity contribution in [2.75, 3.05) is 6.61 Å². The molecule has 0 aliphatic heterocycles. The standard InChI is InChI=1S/C23H23N3O/c1-2-3-4-5-14-27-22-12-10-19(11-13-22)21-16-25-23(26-17-21)20-8-6-18(15-24)7-9-20/h6-13,16-17H,2-5,14H2,1H3. The van der Waals surface area contributed by atoms with Crippen molar-refractivity contribution in [3.8, 4) is 34.3 Å². The van der Waals surface area contributed by atoms with Gasteiger partial charge in [-0.05, 0) is 48.4 Å². The number of hydrogen-bond donors (Lipinski definition) is 0. The van der Waals surface area contributed by atoms with E-state index in [1.54, 1.807) is 12.1 Å². The van der Waals surface area contributed by atoms with Crippen molar-refractivity contribution in [2.45, 2.75) is 32.6 Å². The molecule has 4 heteroatoms. The van der Waals surface area contributed by atoms with Crippen molar-refractivity contribution in [1.82, 2.24) is 9.97 Å². The molecular formula is C23H23N3O. The van der Waals surface area contributed by atoms with E-state index in [0.717, 1.165) is 35.5 Å². The van der Waals surface area contributed by atoms with Gasteiger partial charge in [0, 0.05) is 23.5 Å². The zero-order valence-corrected chi connectivity index (χ0v) is 15.6. The SMILES string of the molecule is CCCCCCOc1ccc(-c2cnc(-c3ccc(C#N)cc3)nc2)cc1. The maximum Gasteiger partial charge on any atom is 0.159 e. The third-order valence-corrected chi connectivity index (χ3v) is 4.38. The molecule has 2 aromatic carbocycles. The molecule has 3 aromatic rings. The van der Waals surface area contributed by atoms with E-state index in [1.165, 1.54) is 19.3 Å². The maximum atomic E-state index is 8.87. The fraction of sp³-hybridized carbons (Fsp3) is 0.261. The summed E-state index contributed by atoms with van der Waals surface area (Å²) < 4.78 is 5.79. The molecule has 0 bridgehead atoms. The third kappa shape index (κ3) is 5.15. The van der Waals surface area contributed by atoms with Crippen molar-refractivity contribution in [2.24, 2.45) is 0 Å². The molecule has 0 spiro atoms. The van der Waals surface area contributed by atoms with Gasteiger partial charge in [-0.1, -0.05) is 38.3 Å². The number of ether oxygens (including phenoxy) is 1. The van der Waals surface area contributed by atoms with Gasteiger partial charge in [0.05, 0.1) is 18.2 Å². The lowest BCUT2D eigenvalue weighted by Gasteiger charge is -2.07. The molecule has 4 nitrogen and oxygen atoms in total. The molecule has 1 heterocycles. The highest BCUT2D eigenvalue weighted by Gasteiger charge is 2.04. The molecule has 0 amide bonds. The van der Waals surface area contributed by atoms with E-state index in [0.29, 0.717) is 11.4 Å². The van der Waals surface area contributed by atoms with E-state index in [-0.39, 0.29) is 0 Å². The van der Waals surface area contributed by atoms with Gasteiger partial charge in [-0.3, -0.25) is 0 Å². The molecule has 136 valence electrons. The molecule has 0 unspecified atom stereocenters. The Morgan fingerprint density at radius 2 is 1.48 bits per heavy atom. The van der Waals surface area contributed by atoms with Crippen LogP contribution in [0, 0.1) is 11.3 Å². The van der Waals surface area contributed by atoms with E-state index >= 15 is 0 Å². The lowest BCUT2D eigenvalue weighted by atomic mass is 10.1. The van der Waals surface area contributed by atoms with E-state index < -0.39 is 0 Å². The van der Waals surface area contributed by atoms with Crippen LogP contribution in [0.15, 0.2) is 60.9 Å². The Kier molecular flexibility index (Phi) is 6.54. The highest BCUT2D eigenvalue weighted by atomic mass is 16.5. The zero-order valence-electron chi connectivity index (χ0n) is 15.6. The van der Waals surface area contributed by atoms with Crippen molar-refractivity contribution >= 4 is 0 Å². The van der Waals surface area contributed by atoms with Gasteiger partial charge < -0.3 is 4.74 Å². The number of hydrogen-bond acceptors (Lipinski definition) is 4. The smallest absolute Gasteiger partial charge is 0.159 e. The van der Waals surface area contributed by atoms with E-state index in [4.69, 9.17) is 10.00 Å². The molecule has 0 N–H and O–H groups in total. The van der Waals surface area contributed by atoms with Crippen molar-refractivity contribution in [3.05, 3.63) is 66.5 Å². The van der Waals surface area contributed by atoms with Crippen LogP contribution >= 0.6 is 0 Å². The van der Waals surface area contributed by atoms with Gasteiger partial charge >= 0.3 is 0 Å². The zero-order chi connectivity index (χ0) is 18.9. The first-order valence-corrected chi connectivity index (χ1v) is 9.36. The Labute approximate surface area is 160 Å². The Morgan fingerprint density at radius 3 is 2.11 bits per heavy atom. The lowest BCUT2D eigenvalue weighted by molar-refractivity contribution is 0.305. The van der Waals surface area contributed by atoms with Crippen LogP contribution in [-0.2, 0) is 0 Å². The van der Waals surface area contributed by atoms with Crippen LogP contribution in [0.5, 0.6) is 5.75 Å². The van der Waals surface area contributed by atoms with Crippen LogP contribution in [0.3, 0.4) is 0 Å². The van der Waals surface area contributed by atoms with Crippen LogP contribution in [0.1, 0.15) is 38.2 Å². The van der Waals surface area contributed by atoms with Gasteiger partial charge in [0.2, 0.25) is 0 Å². The van der Waals surface area contributed by atoms with E-state index in [2.05, 4.69) is 23.0 Å². The van der Waals surface area contributed by atoms with Gasteiger partial charge in [0.15, 0.2) is 5.82 Å². The number of nitriles is 1. The molecule has 1 aromatic heterocycles. The highest BCUT2D eigenvalue weighted by Crippen LogP contribution is 2.23. The van der Waals surface area contributed by atoms with Gasteiger partial charge in [-0.2, -0.15) is 5.26 Å². The fourth-order valence-electron chi connectivity index (χ4n) is 2.78. The second-order valence-corrected chi connectivity index (χ2v) is 6.42. The Balaban J connectivity index is 1.62. The molecule has 0 saturated carbocycles. The minimum atomic E-state index is 0.628. The average molecular weight is 357 g/mol. The molecule has 0 radical (unpaired) electrons.